The number of nitro groups is 1. The van der Waals surface area contributed by atoms with Gasteiger partial charge in [-0.05, 0) is 25.7 Å². The first kappa shape index (κ1) is 13.5. The van der Waals surface area contributed by atoms with Crippen LogP contribution in [-0.2, 0) is 12.8 Å². The summed E-state index contributed by atoms with van der Waals surface area (Å²) in [6, 6.07) is 1.35. The molecule has 0 atom stereocenters. The standard InChI is InChI=1S/C13H12F2N4O2/c14-8-5-9(15)12(19(20)21)6-11(8)18-10-4-2-1-3-7(10)13(16)17-18/h5-6H,1-4H2,(H2,16,17). The third kappa shape index (κ3) is 2.12. The first-order valence-corrected chi connectivity index (χ1v) is 6.49. The molecule has 0 unspecified atom stereocenters. The maximum atomic E-state index is 14.0. The summed E-state index contributed by atoms with van der Waals surface area (Å²) in [4.78, 5) is 9.91. The Hall–Kier alpha value is -2.51. The Bertz CT molecular complexity index is 742. The molecule has 0 aliphatic heterocycles. The van der Waals surface area contributed by atoms with Crippen molar-refractivity contribution in [2.24, 2.45) is 0 Å². The maximum absolute atomic E-state index is 14.0. The van der Waals surface area contributed by atoms with Crippen LogP contribution in [0.1, 0.15) is 24.1 Å². The van der Waals surface area contributed by atoms with Gasteiger partial charge in [-0.25, -0.2) is 9.07 Å². The van der Waals surface area contributed by atoms with Crippen LogP contribution in [-0.4, -0.2) is 14.7 Å². The summed E-state index contributed by atoms with van der Waals surface area (Å²) >= 11 is 0. The van der Waals surface area contributed by atoms with Crippen LogP contribution >= 0.6 is 0 Å². The van der Waals surface area contributed by atoms with E-state index in [0.717, 1.165) is 36.6 Å². The molecule has 0 radical (unpaired) electrons. The lowest BCUT2D eigenvalue weighted by atomic mass is 9.97. The van der Waals surface area contributed by atoms with Crippen LogP contribution in [0, 0.1) is 21.7 Å². The summed E-state index contributed by atoms with van der Waals surface area (Å²) in [5.41, 5.74) is 6.45. The van der Waals surface area contributed by atoms with Crippen molar-refractivity contribution in [3.05, 3.63) is 45.1 Å². The Labute approximate surface area is 118 Å². The molecule has 0 saturated carbocycles. The Morgan fingerprint density at radius 2 is 1.95 bits per heavy atom. The Balaban J connectivity index is 2.21. The predicted octanol–water partition coefficient (Wildman–Crippen LogP) is 2.52. The average molecular weight is 294 g/mol. The number of hydrogen-bond acceptors (Lipinski definition) is 4. The maximum Gasteiger partial charge on any atom is 0.307 e. The Morgan fingerprint density at radius 1 is 1.24 bits per heavy atom. The summed E-state index contributed by atoms with van der Waals surface area (Å²) in [5, 5.41) is 14.9. The Kier molecular flexibility index (Phi) is 3.08. The predicted molar refractivity (Wildman–Crippen MR) is 71.2 cm³/mol. The molecule has 0 saturated heterocycles. The highest BCUT2D eigenvalue weighted by Crippen LogP contribution is 2.31. The van der Waals surface area contributed by atoms with Gasteiger partial charge in [0.25, 0.3) is 0 Å². The van der Waals surface area contributed by atoms with Gasteiger partial charge in [0, 0.05) is 23.4 Å². The number of rotatable bonds is 2. The van der Waals surface area contributed by atoms with Gasteiger partial charge in [-0.2, -0.15) is 9.49 Å². The van der Waals surface area contributed by atoms with Crippen LogP contribution in [0.25, 0.3) is 5.69 Å². The molecule has 1 aromatic carbocycles. The molecule has 8 heteroatoms. The van der Waals surface area contributed by atoms with Gasteiger partial charge in [-0.1, -0.05) is 0 Å². The summed E-state index contributed by atoms with van der Waals surface area (Å²) in [6.45, 7) is 0. The number of nitrogens with two attached hydrogens (primary N) is 1. The number of fused-ring (bicyclic) bond motifs is 1. The molecule has 21 heavy (non-hydrogen) atoms. The zero-order valence-electron chi connectivity index (χ0n) is 11.0. The van der Waals surface area contributed by atoms with Crippen LogP contribution in [0.5, 0.6) is 0 Å². The topological polar surface area (TPSA) is 87.0 Å². The molecule has 3 rings (SSSR count). The monoisotopic (exact) mass is 294 g/mol. The van der Waals surface area contributed by atoms with E-state index in [1.807, 2.05) is 0 Å². The molecule has 0 fully saturated rings. The van der Waals surface area contributed by atoms with Gasteiger partial charge in [-0.3, -0.25) is 10.1 Å². The lowest BCUT2D eigenvalue weighted by molar-refractivity contribution is -0.387. The van der Waals surface area contributed by atoms with Crippen molar-refractivity contribution in [3.8, 4) is 5.69 Å². The van der Waals surface area contributed by atoms with Crippen LogP contribution in [0.4, 0.5) is 20.3 Å². The molecule has 2 N–H and O–H groups in total. The van der Waals surface area contributed by atoms with Crippen LogP contribution < -0.4 is 5.73 Å². The number of nitrogens with zero attached hydrogens (tertiary/aromatic N) is 3. The second kappa shape index (κ2) is 4.80. The molecular weight excluding hydrogens is 282 g/mol. The van der Waals surface area contributed by atoms with Gasteiger partial charge in [-0.15, -0.1) is 0 Å². The minimum Gasteiger partial charge on any atom is -0.382 e. The highest BCUT2D eigenvalue weighted by atomic mass is 19.1. The van der Waals surface area contributed by atoms with Crippen molar-refractivity contribution < 1.29 is 13.7 Å². The van der Waals surface area contributed by atoms with Crippen molar-refractivity contribution in [1.29, 1.82) is 0 Å². The molecule has 0 spiro atoms. The highest BCUT2D eigenvalue weighted by Gasteiger charge is 2.25. The molecule has 0 bridgehead atoms. The van der Waals surface area contributed by atoms with E-state index in [0.29, 0.717) is 12.5 Å². The summed E-state index contributed by atoms with van der Waals surface area (Å²) in [5.74, 6) is -1.83. The molecular formula is C13H12F2N4O2. The van der Waals surface area contributed by atoms with E-state index in [4.69, 9.17) is 5.73 Å². The quantitative estimate of drug-likeness (QED) is 0.681. The van der Waals surface area contributed by atoms with E-state index < -0.39 is 22.2 Å². The zero-order valence-corrected chi connectivity index (χ0v) is 11.0. The normalized spacial score (nSPS) is 14.0. The fourth-order valence-corrected chi connectivity index (χ4v) is 2.66. The van der Waals surface area contributed by atoms with Crippen molar-refractivity contribution >= 4 is 11.5 Å². The summed E-state index contributed by atoms with van der Waals surface area (Å²) in [7, 11) is 0. The van der Waals surface area contributed by atoms with Gasteiger partial charge < -0.3 is 5.73 Å². The molecule has 0 amide bonds. The molecule has 1 aliphatic carbocycles. The lowest BCUT2D eigenvalue weighted by Gasteiger charge is -2.14. The van der Waals surface area contributed by atoms with Gasteiger partial charge in [0.15, 0.2) is 5.82 Å². The lowest BCUT2D eigenvalue weighted by Crippen LogP contribution is -2.10. The van der Waals surface area contributed by atoms with Gasteiger partial charge >= 0.3 is 5.69 Å². The molecule has 1 heterocycles. The van der Waals surface area contributed by atoms with Crippen molar-refractivity contribution in [3.63, 3.8) is 0 Å². The number of nitrogen functional groups attached to an aromatic ring is 1. The van der Waals surface area contributed by atoms with E-state index in [1.165, 1.54) is 4.68 Å². The average Bonchev–Trinajstić information content (AvgIpc) is 2.76. The number of benzene rings is 1. The van der Waals surface area contributed by atoms with Crippen molar-refractivity contribution in [2.75, 3.05) is 5.73 Å². The molecule has 2 aromatic rings. The SMILES string of the molecule is Nc1nn(-c2cc([N+](=O)[O-])c(F)cc2F)c2c1CCCC2. The summed E-state index contributed by atoms with van der Waals surface area (Å²) in [6.07, 6.45) is 3.27. The molecule has 6 nitrogen and oxygen atoms in total. The minimum atomic E-state index is -1.21. The van der Waals surface area contributed by atoms with E-state index in [-0.39, 0.29) is 11.5 Å². The van der Waals surface area contributed by atoms with E-state index in [1.54, 1.807) is 0 Å². The first-order valence-electron chi connectivity index (χ1n) is 6.49. The second-order valence-electron chi connectivity index (χ2n) is 4.94. The third-order valence-corrected chi connectivity index (χ3v) is 3.65. The van der Waals surface area contributed by atoms with Crippen molar-refractivity contribution in [2.45, 2.75) is 25.7 Å². The van der Waals surface area contributed by atoms with Gasteiger partial charge in [0.05, 0.1) is 4.92 Å². The largest absolute Gasteiger partial charge is 0.382 e. The number of halogens is 2. The van der Waals surface area contributed by atoms with Crippen LogP contribution in [0.2, 0.25) is 0 Å². The third-order valence-electron chi connectivity index (χ3n) is 3.65. The van der Waals surface area contributed by atoms with Gasteiger partial charge in [0.1, 0.15) is 11.5 Å². The van der Waals surface area contributed by atoms with E-state index in [2.05, 4.69) is 5.10 Å². The fourth-order valence-electron chi connectivity index (χ4n) is 2.66. The summed E-state index contributed by atoms with van der Waals surface area (Å²) < 4.78 is 28.7. The molecule has 1 aromatic heterocycles. The Morgan fingerprint density at radius 3 is 2.67 bits per heavy atom. The van der Waals surface area contributed by atoms with Crippen molar-refractivity contribution in [1.82, 2.24) is 9.78 Å². The number of hydrogen-bond donors (Lipinski definition) is 1. The molecule has 110 valence electrons. The minimum absolute atomic E-state index is 0.155. The second-order valence-corrected chi connectivity index (χ2v) is 4.94. The number of anilines is 1. The van der Waals surface area contributed by atoms with E-state index >= 15 is 0 Å². The highest BCUT2D eigenvalue weighted by molar-refractivity contribution is 5.51. The van der Waals surface area contributed by atoms with Crippen LogP contribution in [0.3, 0.4) is 0 Å². The fraction of sp³-hybridized carbons (Fsp3) is 0.308. The number of aromatic nitrogens is 2. The first-order chi connectivity index (χ1) is 9.99. The van der Waals surface area contributed by atoms with Crippen LogP contribution in [0.15, 0.2) is 12.1 Å². The molecule has 1 aliphatic rings. The number of nitro benzene ring substituents is 1. The van der Waals surface area contributed by atoms with E-state index in [9.17, 15) is 18.9 Å². The smallest absolute Gasteiger partial charge is 0.307 e. The zero-order chi connectivity index (χ0) is 15.1. The van der Waals surface area contributed by atoms with Gasteiger partial charge in [0.2, 0.25) is 5.82 Å².